The van der Waals surface area contributed by atoms with Gasteiger partial charge in [-0.15, -0.1) is 5.10 Å². The van der Waals surface area contributed by atoms with Crippen LogP contribution in [0.15, 0.2) is 60.8 Å². The first-order chi connectivity index (χ1) is 19.9. The van der Waals surface area contributed by atoms with Crippen LogP contribution in [0, 0.1) is 11.8 Å². The van der Waals surface area contributed by atoms with Crippen molar-refractivity contribution < 1.29 is 23.9 Å². The first-order valence-electron chi connectivity index (χ1n) is 14.0. The van der Waals surface area contributed by atoms with Crippen LogP contribution in [0.3, 0.4) is 0 Å². The Morgan fingerprint density at radius 2 is 1.79 bits per heavy atom. The van der Waals surface area contributed by atoms with Crippen molar-refractivity contribution in [2.75, 3.05) is 13.6 Å². The van der Waals surface area contributed by atoms with Crippen molar-refractivity contribution in [2.45, 2.75) is 58.8 Å². The average molecular weight is 575 g/mol. The van der Waals surface area contributed by atoms with Crippen LogP contribution in [0.4, 0.5) is 0 Å². The Bertz CT molecular complexity index is 1500. The van der Waals surface area contributed by atoms with Gasteiger partial charge in [-0.25, -0.2) is 4.68 Å². The molecule has 1 aliphatic rings. The topological polar surface area (TPSA) is 136 Å². The number of benzene rings is 2. The van der Waals surface area contributed by atoms with Gasteiger partial charge in [0.25, 0.3) is 0 Å². The van der Waals surface area contributed by atoms with Crippen molar-refractivity contribution in [1.82, 2.24) is 30.5 Å². The summed E-state index contributed by atoms with van der Waals surface area (Å²) < 4.78 is 7.48. The lowest BCUT2D eigenvalue weighted by Crippen LogP contribution is -2.55. The Morgan fingerprint density at radius 1 is 1.07 bits per heavy atom. The standard InChI is InChI=1S/C31H38N6O5/c1-18(2)28-30(40)32-15-27(39)42-29(20(4)19(3)13-26(38)33-21(5)31(41)36(28)6)25-17-37(35-34-25)16-22-11-12-23-9-7-8-10-24(23)14-22/h7-12,14,17-18,20-21,28-29H,3,13,15-16H2,1-2,4-6H3,(H,32,40)(H,33,38)/t20-,21+,28+,29-/m1/s1. The second-order valence-corrected chi connectivity index (χ2v) is 11.2. The number of hydrogen-bond donors (Lipinski definition) is 2. The van der Waals surface area contributed by atoms with Crippen molar-refractivity contribution in [3.63, 3.8) is 0 Å². The molecule has 222 valence electrons. The van der Waals surface area contributed by atoms with E-state index in [9.17, 15) is 19.2 Å². The molecule has 2 N–H and O–H groups in total. The van der Waals surface area contributed by atoms with E-state index in [1.54, 1.807) is 38.6 Å². The van der Waals surface area contributed by atoms with E-state index >= 15 is 0 Å². The third-order valence-electron chi connectivity index (χ3n) is 7.57. The van der Waals surface area contributed by atoms with Crippen molar-refractivity contribution in [3.8, 4) is 0 Å². The normalized spacial score (nSPS) is 23.3. The highest BCUT2D eigenvalue weighted by atomic mass is 16.5. The van der Waals surface area contributed by atoms with Gasteiger partial charge in [0.2, 0.25) is 17.7 Å². The van der Waals surface area contributed by atoms with Gasteiger partial charge in [-0.3, -0.25) is 19.2 Å². The second kappa shape index (κ2) is 13.0. The van der Waals surface area contributed by atoms with Gasteiger partial charge in [-0.1, -0.05) is 74.5 Å². The minimum atomic E-state index is -0.909. The van der Waals surface area contributed by atoms with Gasteiger partial charge in [-0.05, 0) is 35.2 Å². The lowest BCUT2D eigenvalue weighted by molar-refractivity contribution is -0.152. The molecule has 11 nitrogen and oxygen atoms in total. The zero-order valence-electron chi connectivity index (χ0n) is 24.7. The summed E-state index contributed by atoms with van der Waals surface area (Å²) in [6, 6.07) is 12.5. The molecular formula is C31H38N6O5. The molecule has 11 heteroatoms. The van der Waals surface area contributed by atoms with Crippen molar-refractivity contribution in [3.05, 3.63) is 72.1 Å². The van der Waals surface area contributed by atoms with E-state index in [0.29, 0.717) is 17.8 Å². The van der Waals surface area contributed by atoms with Crippen LogP contribution in [0.5, 0.6) is 0 Å². The van der Waals surface area contributed by atoms with E-state index in [4.69, 9.17) is 4.74 Å². The molecule has 1 aromatic heterocycles. The maximum Gasteiger partial charge on any atom is 0.326 e. The second-order valence-electron chi connectivity index (χ2n) is 11.2. The van der Waals surface area contributed by atoms with Gasteiger partial charge in [0.05, 0.1) is 12.7 Å². The van der Waals surface area contributed by atoms with Crippen LogP contribution >= 0.6 is 0 Å². The van der Waals surface area contributed by atoms with Gasteiger partial charge in [0, 0.05) is 19.4 Å². The Balaban J connectivity index is 1.59. The molecule has 3 aromatic rings. The number of nitrogens with one attached hydrogen (secondary N) is 2. The highest BCUT2D eigenvalue weighted by Gasteiger charge is 2.34. The number of carbonyl (C=O) groups is 4. The highest BCUT2D eigenvalue weighted by Crippen LogP contribution is 2.31. The van der Waals surface area contributed by atoms with Crippen LogP contribution in [-0.2, 0) is 30.5 Å². The molecule has 4 atom stereocenters. The van der Waals surface area contributed by atoms with Crippen LogP contribution in [-0.4, -0.2) is 69.3 Å². The Hall–Kier alpha value is -4.54. The molecule has 1 saturated heterocycles. The van der Waals surface area contributed by atoms with Gasteiger partial charge in [0.1, 0.15) is 24.3 Å². The summed E-state index contributed by atoms with van der Waals surface area (Å²) in [5.41, 5.74) is 1.90. The number of nitrogens with zero attached hydrogens (tertiary/aromatic N) is 4. The van der Waals surface area contributed by atoms with Crippen molar-refractivity contribution >= 4 is 34.5 Å². The fraction of sp³-hybridized carbons (Fsp3) is 0.419. The lowest BCUT2D eigenvalue weighted by atomic mass is 9.92. The molecule has 0 spiro atoms. The van der Waals surface area contributed by atoms with Crippen LogP contribution in [0.1, 0.15) is 51.5 Å². The first-order valence-corrected chi connectivity index (χ1v) is 14.0. The number of amides is 3. The number of carbonyl (C=O) groups excluding carboxylic acids is 4. The summed E-state index contributed by atoms with van der Waals surface area (Å²) in [7, 11) is 1.50. The van der Waals surface area contributed by atoms with Crippen LogP contribution in [0.25, 0.3) is 10.8 Å². The van der Waals surface area contributed by atoms with Gasteiger partial charge >= 0.3 is 5.97 Å². The molecule has 1 fully saturated rings. The molecule has 0 bridgehead atoms. The minimum Gasteiger partial charge on any atom is -0.454 e. The van der Waals surface area contributed by atoms with Gasteiger partial charge in [0.15, 0.2) is 6.10 Å². The van der Waals surface area contributed by atoms with Crippen LogP contribution in [0.2, 0.25) is 0 Å². The molecular weight excluding hydrogens is 536 g/mol. The first kappa shape index (κ1) is 30.4. The summed E-state index contributed by atoms with van der Waals surface area (Å²) in [6.45, 7) is 11.1. The number of cyclic esters (lactones) is 1. The maximum absolute atomic E-state index is 13.1. The SMILES string of the molecule is C=C1CC(=O)N[C@@H](C)C(=O)N(C)[C@@H](C(C)C)C(=O)NCC(=O)O[C@@H](c2cn(Cc3ccc4ccccc4c3)nn2)[C@@H]1C. The number of aromatic nitrogens is 3. The molecule has 3 amide bonds. The zero-order chi connectivity index (χ0) is 30.6. The molecule has 0 radical (unpaired) electrons. The quantitative estimate of drug-likeness (QED) is 0.361. The van der Waals surface area contributed by atoms with E-state index in [2.05, 4.69) is 33.6 Å². The third kappa shape index (κ3) is 7.02. The molecule has 4 rings (SSSR count). The Labute approximate surface area is 245 Å². The number of esters is 1. The van der Waals surface area contributed by atoms with E-state index < -0.39 is 54.3 Å². The lowest BCUT2D eigenvalue weighted by Gasteiger charge is -2.32. The minimum absolute atomic E-state index is 0.0907. The Morgan fingerprint density at radius 3 is 2.50 bits per heavy atom. The monoisotopic (exact) mass is 574 g/mol. The molecule has 1 aliphatic heterocycles. The predicted octanol–water partition coefficient (Wildman–Crippen LogP) is 2.76. The Kier molecular flexibility index (Phi) is 9.39. The fourth-order valence-corrected chi connectivity index (χ4v) is 5.21. The number of rotatable bonds is 4. The van der Waals surface area contributed by atoms with E-state index in [-0.39, 0.29) is 12.3 Å². The summed E-state index contributed by atoms with van der Waals surface area (Å²) in [5.74, 6) is -2.80. The summed E-state index contributed by atoms with van der Waals surface area (Å²) in [6.07, 6.45) is 0.702. The van der Waals surface area contributed by atoms with Gasteiger partial charge < -0.3 is 20.3 Å². The molecule has 0 aliphatic carbocycles. The number of likely N-dealkylation sites (N-methyl/N-ethyl adjacent to an activating group) is 1. The summed E-state index contributed by atoms with van der Waals surface area (Å²) in [4.78, 5) is 53.2. The van der Waals surface area contributed by atoms with Crippen molar-refractivity contribution in [1.29, 1.82) is 0 Å². The highest BCUT2D eigenvalue weighted by molar-refractivity contribution is 5.93. The van der Waals surface area contributed by atoms with E-state index in [1.807, 2.05) is 36.4 Å². The number of ether oxygens (including phenoxy) is 1. The molecule has 2 heterocycles. The van der Waals surface area contributed by atoms with E-state index in [0.717, 1.165) is 16.3 Å². The molecule has 0 saturated carbocycles. The smallest absolute Gasteiger partial charge is 0.326 e. The van der Waals surface area contributed by atoms with Gasteiger partial charge in [-0.2, -0.15) is 0 Å². The number of hydrogen-bond acceptors (Lipinski definition) is 7. The summed E-state index contributed by atoms with van der Waals surface area (Å²) >= 11 is 0. The van der Waals surface area contributed by atoms with Crippen LogP contribution < -0.4 is 10.6 Å². The van der Waals surface area contributed by atoms with E-state index in [1.165, 1.54) is 11.9 Å². The maximum atomic E-state index is 13.1. The largest absolute Gasteiger partial charge is 0.454 e. The fourth-order valence-electron chi connectivity index (χ4n) is 5.21. The third-order valence-corrected chi connectivity index (χ3v) is 7.57. The molecule has 42 heavy (non-hydrogen) atoms. The molecule has 0 unspecified atom stereocenters. The average Bonchev–Trinajstić information content (AvgIpc) is 3.41. The number of fused-ring (bicyclic) bond motifs is 1. The molecule has 2 aromatic carbocycles. The predicted molar refractivity (Wildman–Crippen MR) is 157 cm³/mol. The summed E-state index contributed by atoms with van der Waals surface area (Å²) in [5, 5.41) is 16.1. The van der Waals surface area contributed by atoms with Crippen molar-refractivity contribution in [2.24, 2.45) is 11.8 Å². The zero-order valence-corrected chi connectivity index (χ0v) is 24.7.